The van der Waals surface area contributed by atoms with Crippen molar-refractivity contribution < 1.29 is 19.4 Å². The highest BCUT2D eigenvalue weighted by molar-refractivity contribution is 5.94. The van der Waals surface area contributed by atoms with Crippen LogP contribution in [0, 0.1) is 26.1 Å². The summed E-state index contributed by atoms with van der Waals surface area (Å²) >= 11 is 0. The second-order valence-corrected chi connectivity index (χ2v) is 5.99. The van der Waals surface area contributed by atoms with Crippen molar-refractivity contribution in [1.82, 2.24) is 10.6 Å². The molecule has 0 spiro atoms. The molecule has 0 fully saturated rings. The number of benzene rings is 1. The average molecular weight is 367 g/mol. The minimum absolute atomic E-state index is 0.122. The maximum atomic E-state index is 12.1. The van der Waals surface area contributed by atoms with Crippen molar-refractivity contribution in [3.8, 4) is 0 Å². The maximum absolute atomic E-state index is 12.1. The molecule has 0 unspecified atom stereocenters. The lowest BCUT2D eigenvalue weighted by Gasteiger charge is -2.18. The number of carbonyl (C=O) groups is 2. The van der Waals surface area contributed by atoms with E-state index in [4.69, 9.17) is 0 Å². The van der Waals surface area contributed by atoms with Gasteiger partial charge in [-0.05, 0) is 18.8 Å². The molecular weight excluding hydrogens is 346 g/mol. The van der Waals surface area contributed by atoms with Crippen LogP contribution in [0.25, 0.3) is 0 Å². The number of likely N-dealkylation sites (N-methyl/N-ethyl adjacent to an activating group) is 1. The number of anilines is 1. The van der Waals surface area contributed by atoms with E-state index in [0.29, 0.717) is 18.8 Å². The van der Waals surface area contributed by atoms with E-state index in [1.165, 1.54) is 7.05 Å². The molecule has 0 aliphatic rings. The number of nitro benzene ring substituents is 2. The van der Waals surface area contributed by atoms with Crippen LogP contribution < -0.4 is 16.0 Å². The molecule has 26 heavy (non-hydrogen) atoms. The van der Waals surface area contributed by atoms with Crippen LogP contribution in [0.3, 0.4) is 0 Å². The highest BCUT2D eigenvalue weighted by Gasteiger charge is 2.21. The van der Waals surface area contributed by atoms with Crippen molar-refractivity contribution in [3.05, 3.63) is 38.4 Å². The van der Waals surface area contributed by atoms with Gasteiger partial charge < -0.3 is 16.0 Å². The van der Waals surface area contributed by atoms with Gasteiger partial charge in [-0.2, -0.15) is 0 Å². The first kappa shape index (κ1) is 20.8. The third kappa shape index (κ3) is 6.34. The number of nitrogens with one attached hydrogen (secondary N) is 3. The SMILES string of the molecule is CNC(=O)[C@H](CCC(C)C)NC(=O)Nc1cc([N+](=O)[O-])cc([N+](=O)[O-])c1. The van der Waals surface area contributed by atoms with E-state index in [1.807, 2.05) is 13.8 Å². The number of non-ortho nitro benzene ring substituents is 2. The number of urea groups is 1. The van der Waals surface area contributed by atoms with E-state index < -0.39 is 33.3 Å². The van der Waals surface area contributed by atoms with Crippen LogP contribution in [-0.2, 0) is 4.79 Å². The molecule has 0 aromatic heterocycles. The van der Waals surface area contributed by atoms with Gasteiger partial charge in [0.2, 0.25) is 5.91 Å². The number of amides is 3. The predicted octanol–water partition coefficient (Wildman–Crippen LogP) is 2.18. The number of carbonyl (C=O) groups excluding carboxylic acids is 2. The van der Waals surface area contributed by atoms with E-state index in [-0.39, 0.29) is 11.6 Å². The Bertz CT molecular complexity index is 674. The first-order chi connectivity index (χ1) is 12.1. The minimum Gasteiger partial charge on any atom is -0.357 e. The molecule has 3 N–H and O–H groups in total. The molecule has 11 nitrogen and oxygen atoms in total. The molecule has 0 saturated heterocycles. The average Bonchev–Trinajstić information content (AvgIpc) is 2.57. The largest absolute Gasteiger partial charge is 0.357 e. The summed E-state index contributed by atoms with van der Waals surface area (Å²) in [4.78, 5) is 44.1. The number of hydrogen-bond donors (Lipinski definition) is 3. The zero-order chi connectivity index (χ0) is 19.9. The van der Waals surface area contributed by atoms with Gasteiger partial charge in [0.1, 0.15) is 6.04 Å². The Labute approximate surface area is 149 Å². The highest BCUT2D eigenvalue weighted by Crippen LogP contribution is 2.25. The van der Waals surface area contributed by atoms with Gasteiger partial charge in [-0.1, -0.05) is 13.8 Å². The first-order valence-electron chi connectivity index (χ1n) is 7.87. The van der Waals surface area contributed by atoms with Gasteiger partial charge in [0, 0.05) is 19.2 Å². The predicted molar refractivity (Wildman–Crippen MR) is 93.8 cm³/mol. The van der Waals surface area contributed by atoms with Crippen LogP contribution >= 0.6 is 0 Å². The molecule has 1 aromatic carbocycles. The van der Waals surface area contributed by atoms with Gasteiger partial charge in [-0.3, -0.25) is 25.0 Å². The first-order valence-corrected chi connectivity index (χ1v) is 7.87. The summed E-state index contributed by atoms with van der Waals surface area (Å²) in [7, 11) is 1.44. The fourth-order valence-corrected chi connectivity index (χ4v) is 2.15. The highest BCUT2D eigenvalue weighted by atomic mass is 16.6. The van der Waals surface area contributed by atoms with E-state index in [2.05, 4.69) is 16.0 Å². The molecule has 0 saturated carbocycles. The third-order valence-corrected chi connectivity index (χ3v) is 3.48. The zero-order valence-corrected chi connectivity index (χ0v) is 14.6. The van der Waals surface area contributed by atoms with Gasteiger partial charge >= 0.3 is 6.03 Å². The topological polar surface area (TPSA) is 157 Å². The van der Waals surface area contributed by atoms with E-state index in [0.717, 1.165) is 18.2 Å². The van der Waals surface area contributed by atoms with Crippen LogP contribution in [-0.4, -0.2) is 34.9 Å². The van der Waals surface area contributed by atoms with Gasteiger partial charge in [0.15, 0.2) is 0 Å². The Morgan fingerprint density at radius 3 is 2.00 bits per heavy atom. The Morgan fingerprint density at radius 2 is 1.58 bits per heavy atom. The van der Waals surface area contributed by atoms with Crippen LogP contribution in [0.2, 0.25) is 0 Å². The molecule has 1 aromatic rings. The molecule has 0 aliphatic heterocycles. The number of nitro groups is 2. The summed E-state index contributed by atoms with van der Waals surface area (Å²) in [6.07, 6.45) is 1.10. The molecule has 11 heteroatoms. The van der Waals surface area contributed by atoms with E-state index in [9.17, 15) is 29.8 Å². The molecule has 0 radical (unpaired) electrons. The molecule has 0 bridgehead atoms. The van der Waals surface area contributed by atoms with Crippen molar-refractivity contribution in [2.24, 2.45) is 5.92 Å². The number of nitrogens with zero attached hydrogens (tertiary/aromatic N) is 2. The molecule has 1 atom stereocenters. The van der Waals surface area contributed by atoms with Crippen LogP contribution in [0.5, 0.6) is 0 Å². The molecule has 0 heterocycles. The van der Waals surface area contributed by atoms with Crippen molar-refractivity contribution in [2.45, 2.75) is 32.7 Å². The van der Waals surface area contributed by atoms with E-state index >= 15 is 0 Å². The molecule has 3 amide bonds. The smallest absolute Gasteiger partial charge is 0.319 e. The molecule has 142 valence electrons. The van der Waals surface area contributed by atoms with Crippen LogP contribution in [0.15, 0.2) is 18.2 Å². The Kier molecular flexibility index (Phi) is 7.44. The zero-order valence-electron chi connectivity index (χ0n) is 14.6. The second kappa shape index (κ2) is 9.30. The standard InChI is InChI=1S/C15H21N5O6/c1-9(2)4-5-13(14(21)16-3)18-15(22)17-10-6-11(19(23)24)8-12(7-10)20(25)26/h6-9,13H,4-5H2,1-3H3,(H,16,21)(H2,17,18,22)/t13-/m0/s1. The van der Waals surface area contributed by atoms with Gasteiger partial charge in [0.25, 0.3) is 11.4 Å². The van der Waals surface area contributed by atoms with Crippen molar-refractivity contribution in [1.29, 1.82) is 0 Å². The maximum Gasteiger partial charge on any atom is 0.319 e. The summed E-state index contributed by atoms with van der Waals surface area (Å²) < 4.78 is 0. The Balaban J connectivity index is 2.92. The van der Waals surface area contributed by atoms with Gasteiger partial charge in [0.05, 0.1) is 21.6 Å². The molecular formula is C15H21N5O6. The lowest BCUT2D eigenvalue weighted by molar-refractivity contribution is -0.394. The van der Waals surface area contributed by atoms with Crippen molar-refractivity contribution in [3.63, 3.8) is 0 Å². The summed E-state index contributed by atoms with van der Waals surface area (Å²) in [6, 6.07) is 1.19. The summed E-state index contributed by atoms with van der Waals surface area (Å²) in [5.41, 5.74) is -1.18. The minimum atomic E-state index is -0.800. The van der Waals surface area contributed by atoms with Crippen molar-refractivity contribution >= 4 is 29.0 Å². The van der Waals surface area contributed by atoms with E-state index in [1.54, 1.807) is 0 Å². The second-order valence-electron chi connectivity index (χ2n) is 5.99. The molecule has 0 aliphatic carbocycles. The fraction of sp³-hybridized carbons (Fsp3) is 0.467. The quantitative estimate of drug-likeness (QED) is 0.472. The third-order valence-electron chi connectivity index (χ3n) is 3.48. The normalized spacial score (nSPS) is 11.5. The lowest BCUT2D eigenvalue weighted by Crippen LogP contribution is -2.47. The van der Waals surface area contributed by atoms with Crippen molar-refractivity contribution in [2.75, 3.05) is 12.4 Å². The lowest BCUT2D eigenvalue weighted by atomic mass is 10.0. The van der Waals surface area contributed by atoms with Crippen LogP contribution in [0.1, 0.15) is 26.7 Å². The molecule has 1 rings (SSSR count). The monoisotopic (exact) mass is 367 g/mol. The summed E-state index contributed by atoms with van der Waals surface area (Å²) in [5.74, 6) is -0.0581. The fourth-order valence-electron chi connectivity index (χ4n) is 2.15. The Morgan fingerprint density at radius 1 is 1.04 bits per heavy atom. The van der Waals surface area contributed by atoms with Crippen LogP contribution in [0.4, 0.5) is 21.9 Å². The van der Waals surface area contributed by atoms with Gasteiger partial charge in [-0.25, -0.2) is 4.79 Å². The number of hydrogen-bond acceptors (Lipinski definition) is 6. The van der Waals surface area contributed by atoms with Gasteiger partial charge in [-0.15, -0.1) is 0 Å². The summed E-state index contributed by atoms with van der Waals surface area (Å²) in [6.45, 7) is 3.95. The number of rotatable bonds is 8. The Hall–Kier alpha value is -3.24. The summed E-state index contributed by atoms with van der Waals surface area (Å²) in [5, 5.41) is 28.9.